The summed E-state index contributed by atoms with van der Waals surface area (Å²) >= 11 is 13.1. The van der Waals surface area contributed by atoms with Crippen LogP contribution in [0, 0.1) is 0 Å². The number of aryl methyl sites for hydroxylation is 2. The lowest BCUT2D eigenvalue weighted by atomic mass is 10.0. The predicted octanol–water partition coefficient (Wildman–Crippen LogP) is 4.40. The zero-order chi connectivity index (χ0) is 14.9. The van der Waals surface area contributed by atoms with Gasteiger partial charge in [-0.05, 0) is 40.0 Å². The fraction of sp³-hybridized carbons (Fsp3) is 0.357. The summed E-state index contributed by atoms with van der Waals surface area (Å²) in [6, 6.07) is 5.57. The highest BCUT2D eigenvalue weighted by atomic mass is 79.9. The van der Waals surface area contributed by atoms with Crippen molar-refractivity contribution in [2.45, 2.75) is 25.8 Å². The lowest BCUT2D eigenvalue weighted by Gasteiger charge is -2.14. The lowest BCUT2D eigenvalue weighted by molar-refractivity contribution is 0.635. The minimum absolute atomic E-state index is 0.113. The maximum absolute atomic E-state index is 6.33. The zero-order valence-corrected chi connectivity index (χ0v) is 15.3. The third kappa shape index (κ3) is 3.27. The molecule has 0 spiro atoms. The third-order valence-corrected chi connectivity index (χ3v) is 5.12. The van der Waals surface area contributed by atoms with E-state index in [1.54, 1.807) is 0 Å². The van der Waals surface area contributed by atoms with Crippen LogP contribution in [0.5, 0.6) is 0 Å². The number of halogens is 3. The smallest absolute Gasteiger partial charge is 0.0766 e. The first kappa shape index (κ1) is 16.0. The van der Waals surface area contributed by atoms with Gasteiger partial charge in [0.15, 0.2) is 0 Å². The molecule has 1 atom stereocenters. The SMILES string of the molecule is CCc1nn(C)c(CC(N)c2ccc(Cl)cc2Br)c1Br. The molecule has 0 amide bonds. The molecule has 0 aliphatic rings. The van der Waals surface area contributed by atoms with Gasteiger partial charge in [0.2, 0.25) is 0 Å². The highest BCUT2D eigenvalue weighted by Gasteiger charge is 2.18. The molecule has 2 aromatic rings. The molecule has 1 aromatic carbocycles. The largest absolute Gasteiger partial charge is 0.324 e. The van der Waals surface area contributed by atoms with Gasteiger partial charge in [0.05, 0.1) is 15.9 Å². The summed E-state index contributed by atoms with van der Waals surface area (Å²) < 4.78 is 3.89. The van der Waals surface area contributed by atoms with Gasteiger partial charge in [-0.15, -0.1) is 0 Å². The Balaban J connectivity index is 2.27. The number of nitrogens with two attached hydrogens (primary N) is 1. The number of hydrogen-bond donors (Lipinski definition) is 1. The van der Waals surface area contributed by atoms with Crippen LogP contribution in [0.25, 0.3) is 0 Å². The number of aromatic nitrogens is 2. The van der Waals surface area contributed by atoms with E-state index in [1.807, 2.05) is 29.9 Å². The first-order valence-electron chi connectivity index (χ1n) is 6.34. The Labute approximate surface area is 140 Å². The summed E-state index contributed by atoms with van der Waals surface area (Å²) in [5, 5.41) is 5.19. The number of benzene rings is 1. The highest BCUT2D eigenvalue weighted by Crippen LogP contribution is 2.30. The number of nitrogens with zero attached hydrogens (tertiary/aromatic N) is 2. The molecule has 6 heteroatoms. The highest BCUT2D eigenvalue weighted by molar-refractivity contribution is 9.10. The Morgan fingerprint density at radius 3 is 2.65 bits per heavy atom. The first-order valence-corrected chi connectivity index (χ1v) is 8.31. The molecule has 1 unspecified atom stereocenters. The van der Waals surface area contributed by atoms with E-state index in [4.69, 9.17) is 17.3 Å². The summed E-state index contributed by atoms with van der Waals surface area (Å²) in [5.74, 6) is 0. The van der Waals surface area contributed by atoms with Crippen molar-refractivity contribution in [3.05, 3.63) is 49.1 Å². The van der Waals surface area contributed by atoms with E-state index < -0.39 is 0 Å². The van der Waals surface area contributed by atoms with Crippen molar-refractivity contribution in [3.63, 3.8) is 0 Å². The van der Waals surface area contributed by atoms with E-state index in [-0.39, 0.29) is 6.04 Å². The lowest BCUT2D eigenvalue weighted by Crippen LogP contribution is -2.16. The van der Waals surface area contributed by atoms with Crippen molar-refractivity contribution in [2.24, 2.45) is 12.8 Å². The van der Waals surface area contributed by atoms with Crippen molar-refractivity contribution in [2.75, 3.05) is 0 Å². The maximum atomic E-state index is 6.33. The Bertz CT molecular complexity index is 625. The Kier molecular flexibility index (Phi) is 5.29. The van der Waals surface area contributed by atoms with Crippen molar-refractivity contribution in [1.29, 1.82) is 0 Å². The molecule has 3 nitrogen and oxygen atoms in total. The molecule has 0 saturated heterocycles. The molecular weight excluding hydrogens is 405 g/mol. The van der Waals surface area contributed by atoms with Crippen LogP contribution in [0.15, 0.2) is 27.1 Å². The van der Waals surface area contributed by atoms with Crippen LogP contribution >= 0.6 is 43.5 Å². The molecule has 0 fully saturated rings. The molecule has 2 N–H and O–H groups in total. The number of hydrogen-bond acceptors (Lipinski definition) is 2. The van der Waals surface area contributed by atoms with E-state index in [9.17, 15) is 0 Å². The minimum Gasteiger partial charge on any atom is -0.324 e. The van der Waals surface area contributed by atoms with Gasteiger partial charge in [-0.2, -0.15) is 5.10 Å². The van der Waals surface area contributed by atoms with E-state index in [0.717, 1.165) is 32.3 Å². The minimum atomic E-state index is -0.113. The maximum Gasteiger partial charge on any atom is 0.0766 e. The van der Waals surface area contributed by atoms with Crippen molar-refractivity contribution < 1.29 is 0 Å². The van der Waals surface area contributed by atoms with Crippen LogP contribution in [0.1, 0.15) is 29.9 Å². The van der Waals surface area contributed by atoms with Gasteiger partial charge in [-0.1, -0.05) is 40.5 Å². The summed E-state index contributed by atoms with van der Waals surface area (Å²) in [4.78, 5) is 0. The molecule has 0 radical (unpaired) electrons. The van der Waals surface area contributed by atoms with Gasteiger partial charge < -0.3 is 5.73 Å². The van der Waals surface area contributed by atoms with Crippen molar-refractivity contribution >= 4 is 43.5 Å². The molecule has 0 bridgehead atoms. The van der Waals surface area contributed by atoms with E-state index in [0.29, 0.717) is 11.4 Å². The van der Waals surface area contributed by atoms with Crippen molar-refractivity contribution in [3.8, 4) is 0 Å². The van der Waals surface area contributed by atoms with Crippen molar-refractivity contribution in [1.82, 2.24) is 9.78 Å². The monoisotopic (exact) mass is 419 g/mol. The molecule has 20 heavy (non-hydrogen) atoms. The molecule has 1 heterocycles. The molecule has 2 rings (SSSR count). The van der Waals surface area contributed by atoms with Crippen LogP contribution < -0.4 is 5.73 Å². The molecule has 108 valence electrons. The second-order valence-corrected chi connectivity index (χ2v) is 6.74. The topological polar surface area (TPSA) is 43.8 Å². The Morgan fingerprint density at radius 1 is 1.40 bits per heavy atom. The third-order valence-electron chi connectivity index (χ3n) is 3.28. The van der Waals surface area contributed by atoms with E-state index >= 15 is 0 Å². The van der Waals surface area contributed by atoms with Gasteiger partial charge in [0.25, 0.3) is 0 Å². The van der Waals surface area contributed by atoms with E-state index in [1.165, 1.54) is 0 Å². The molecule has 1 aromatic heterocycles. The fourth-order valence-corrected chi connectivity index (χ4v) is 3.92. The molecule has 0 aliphatic carbocycles. The van der Waals surface area contributed by atoms with Gasteiger partial charge in [-0.3, -0.25) is 4.68 Å². The zero-order valence-electron chi connectivity index (χ0n) is 11.3. The summed E-state index contributed by atoms with van der Waals surface area (Å²) in [7, 11) is 1.95. The van der Waals surface area contributed by atoms with E-state index in [2.05, 4.69) is 43.9 Å². The van der Waals surface area contributed by atoms with Crippen LogP contribution in [0.2, 0.25) is 5.02 Å². The normalized spacial score (nSPS) is 12.7. The second-order valence-electron chi connectivity index (χ2n) is 4.66. The average Bonchev–Trinajstić information content (AvgIpc) is 2.66. The molecular formula is C14H16Br2ClN3. The average molecular weight is 422 g/mol. The van der Waals surface area contributed by atoms with Crippen LogP contribution in [0.3, 0.4) is 0 Å². The Morgan fingerprint density at radius 2 is 2.10 bits per heavy atom. The van der Waals surface area contributed by atoms with Gasteiger partial charge in [-0.25, -0.2) is 0 Å². The molecule has 0 saturated carbocycles. The first-order chi connectivity index (χ1) is 9.43. The van der Waals surface area contributed by atoms with Gasteiger partial charge in [0, 0.05) is 29.0 Å². The van der Waals surface area contributed by atoms with Crippen LogP contribution in [-0.4, -0.2) is 9.78 Å². The number of rotatable bonds is 4. The molecule has 0 aliphatic heterocycles. The van der Waals surface area contributed by atoms with Gasteiger partial charge >= 0.3 is 0 Å². The van der Waals surface area contributed by atoms with Crippen LogP contribution in [-0.2, 0) is 19.9 Å². The van der Waals surface area contributed by atoms with Gasteiger partial charge in [0.1, 0.15) is 0 Å². The summed E-state index contributed by atoms with van der Waals surface area (Å²) in [6.45, 7) is 2.09. The summed E-state index contributed by atoms with van der Waals surface area (Å²) in [5.41, 5.74) is 9.54. The standard InChI is InChI=1S/C14H16Br2ClN3/c1-3-12-14(16)13(20(2)19-12)7-11(18)9-5-4-8(17)6-10(9)15/h4-6,11H,3,7,18H2,1-2H3. The predicted molar refractivity (Wildman–Crippen MR) is 90.1 cm³/mol. The Hall–Kier alpha value is -0.360. The summed E-state index contributed by atoms with van der Waals surface area (Å²) in [6.07, 6.45) is 1.61. The second kappa shape index (κ2) is 6.60. The quantitative estimate of drug-likeness (QED) is 0.795. The fourth-order valence-electron chi connectivity index (χ4n) is 2.16. The van der Waals surface area contributed by atoms with Crippen LogP contribution in [0.4, 0.5) is 0 Å².